The molecule has 3 heterocycles. The summed E-state index contributed by atoms with van der Waals surface area (Å²) < 4.78 is 18.7. The van der Waals surface area contributed by atoms with Gasteiger partial charge in [0.15, 0.2) is 5.82 Å². The second-order valence-electron chi connectivity index (χ2n) is 6.51. The Morgan fingerprint density at radius 1 is 1.21 bits per heavy atom. The molecular formula is C16H17ClFN5O. The number of halogens is 2. The molecule has 0 aromatic carbocycles. The van der Waals surface area contributed by atoms with Gasteiger partial charge < -0.3 is 9.64 Å². The number of anilines is 1. The Kier molecular flexibility index (Phi) is 3.96. The molecule has 1 saturated carbocycles. The number of rotatable bonds is 4. The molecule has 1 aliphatic carbocycles. The lowest BCUT2D eigenvalue weighted by molar-refractivity contribution is 0.129. The fourth-order valence-corrected chi connectivity index (χ4v) is 3.95. The van der Waals surface area contributed by atoms with Crippen LogP contribution in [0.15, 0.2) is 24.8 Å². The Morgan fingerprint density at radius 2 is 1.96 bits per heavy atom. The highest BCUT2D eigenvalue weighted by Crippen LogP contribution is 2.49. The van der Waals surface area contributed by atoms with Crippen LogP contribution in [0.4, 0.5) is 10.3 Å². The van der Waals surface area contributed by atoms with E-state index in [2.05, 4.69) is 24.8 Å². The molecule has 6 nitrogen and oxygen atoms in total. The third-order valence-corrected chi connectivity index (χ3v) is 5.21. The summed E-state index contributed by atoms with van der Waals surface area (Å²) in [4.78, 5) is 18.6. The predicted octanol–water partition coefficient (Wildman–Crippen LogP) is 2.74. The van der Waals surface area contributed by atoms with Crippen molar-refractivity contribution in [1.29, 1.82) is 0 Å². The molecule has 0 spiro atoms. The van der Waals surface area contributed by atoms with Crippen LogP contribution in [0.25, 0.3) is 0 Å². The highest BCUT2D eigenvalue weighted by Gasteiger charge is 2.50. The van der Waals surface area contributed by atoms with Crippen molar-refractivity contribution in [3.05, 3.63) is 35.6 Å². The molecule has 2 unspecified atom stereocenters. The molecule has 0 bridgehead atoms. The van der Waals surface area contributed by atoms with Crippen LogP contribution >= 0.6 is 11.6 Å². The lowest BCUT2D eigenvalue weighted by Crippen LogP contribution is -2.34. The van der Waals surface area contributed by atoms with E-state index in [4.69, 9.17) is 16.3 Å². The molecule has 4 rings (SSSR count). The summed E-state index contributed by atoms with van der Waals surface area (Å²) in [6.45, 7) is 2.27. The fourth-order valence-electron chi connectivity index (χ4n) is 3.85. The molecule has 2 atom stereocenters. The average Bonchev–Trinajstić information content (AvgIpc) is 3.12. The molecule has 126 valence electrons. The van der Waals surface area contributed by atoms with Crippen molar-refractivity contribution < 1.29 is 9.13 Å². The monoisotopic (exact) mass is 349 g/mol. The van der Waals surface area contributed by atoms with Gasteiger partial charge in [0.25, 0.3) is 0 Å². The number of nitrogens with zero attached hydrogens (tertiary/aromatic N) is 5. The Labute approximate surface area is 144 Å². The van der Waals surface area contributed by atoms with Crippen LogP contribution < -0.4 is 9.64 Å². The second-order valence-corrected chi connectivity index (χ2v) is 6.94. The summed E-state index contributed by atoms with van der Waals surface area (Å²) >= 11 is 5.87. The van der Waals surface area contributed by atoms with Crippen molar-refractivity contribution in [3.63, 3.8) is 0 Å². The number of ether oxygens (including phenoxy) is 1. The summed E-state index contributed by atoms with van der Waals surface area (Å²) in [6, 6.07) is 0.220. The summed E-state index contributed by atoms with van der Waals surface area (Å²) in [6.07, 6.45) is 8.92. The third kappa shape index (κ3) is 2.88. The van der Waals surface area contributed by atoms with E-state index in [0.717, 1.165) is 38.3 Å². The minimum Gasteiger partial charge on any atom is -0.463 e. The van der Waals surface area contributed by atoms with Gasteiger partial charge in [0.05, 0.1) is 36.4 Å². The van der Waals surface area contributed by atoms with E-state index in [-0.39, 0.29) is 11.4 Å². The molecule has 2 aromatic rings. The van der Waals surface area contributed by atoms with E-state index >= 15 is 0 Å². The number of hydrogen-bond acceptors (Lipinski definition) is 6. The third-order valence-electron chi connectivity index (χ3n) is 5.01. The van der Waals surface area contributed by atoms with Gasteiger partial charge in [-0.05, 0) is 18.8 Å². The van der Waals surface area contributed by atoms with E-state index < -0.39 is 5.82 Å². The van der Waals surface area contributed by atoms with Gasteiger partial charge in [-0.2, -0.15) is 0 Å². The van der Waals surface area contributed by atoms with E-state index in [0.29, 0.717) is 23.5 Å². The largest absolute Gasteiger partial charge is 0.463 e. The molecule has 1 saturated heterocycles. The molecular weight excluding hydrogens is 333 g/mol. The molecule has 2 aromatic heterocycles. The van der Waals surface area contributed by atoms with Crippen molar-refractivity contribution in [1.82, 2.24) is 19.9 Å². The topological polar surface area (TPSA) is 64.0 Å². The number of fused-ring (bicyclic) bond motifs is 1. The van der Waals surface area contributed by atoms with Gasteiger partial charge >= 0.3 is 6.01 Å². The summed E-state index contributed by atoms with van der Waals surface area (Å²) in [5.74, 6) is 0.759. The van der Waals surface area contributed by atoms with Crippen molar-refractivity contribution in [3.8, 4) is 6.01 Å². The zero-order valence-corrected chi connectivity index (χ0v) is 13.8. The first-order valence-electron chi connectivity index (χ1n) is 7.97. The summed E-state index contributed by atoms with van der Waals surface area (Å²) in [7, 11) is 0. The molecule has 8 heteroatoms. The Morgan fingerprint density at radius 3 is 2.71 bits per heavy atom. The number of aromatic nitrogens is 4. The van der Waals surface area contributed by atoms with Crippen molar-refractivity contribution in [2.75, 3.05) is 24.6 Å². The van der Waals surface area contributed by atoms with Gasteiger partial charge in [-0.3, -0.25) is 0 Å². The lowest BCUT2D eigenvalue weighted by Gasteiger charge is -2.28. The van der Waals surface area contributed by atoms with Gasteiger partial charge in [-0.15, -0.1) is 0 Å². The molecule has 24 heavy (non-hydrogen) atoms. The smallest absolute Gasteiger partial charge is 0.316 e. The van der Waals surface area contributed by atoms with Gasteiger partial charge in [-0.25, -0.2) is 24.3 Å². The van der Waals surface area contributed by atoms with E-state index in [9.17, 15) is 4.39 Å². The first kappa shape index (κ1) is 15.5. The minimum absolute atomic E-state index is 0.0424. The van der Waals surface area contributed by atoms with E-state index in [1.165, 1.54) is 6.42 Å². The van der Waals surface area contributed by atoms with Crippen molar-refractivity contribution in [2.24, 2.45) is 11.3 Å². The second kappa shape index (κ2) is 6.12. The zero-order valence-electron chi connectivity index (χ0n) is 13.0. The zero-order chi connectivity index (χ0) is 16.6. The van der Waals surface area contributed by atoms with Crippen molar-refractivity contribution >= 4 is 17.5 Å². The van der Waals surface area contributed by atoms with Crippen LogP contribution in [-0.4, -0.2) is 39.6 Å². The van der Waals surface area contributed by atoms with Gasteiger partial charge in [0, 0.05) is 18.5 Å². The fraction of sp³-hybridized carbons (Fsp3) is 0.500. The maximum atomic E-state index is 12.9. The molecule has 2 fully saturated rings. The quantitative estimate of drug-likeness (QED) is 0.845. The average molecular weight is 350 g/mol. The summed E-state index contributed by atoms with van der Waals surface area (Å²) in [5.41, 5.74) is 0.0424. The van der Waals surface area contributed by atoms with E-state index in [1.807, 2.05) is 0 Å². The normalized spacial score (nSPS) is 25.8. The summed E-state index contributed by atoms with van der Waals surface area (Å²) in [5, 5.41) is 0.532. The Hall–Kier alpha value is -2.02. The molecule has 0 N–H and O–H groups in total. The predicted molar refractivity (Wildman–Crippen MR) is 86.5 cm³/mol. The molecule has 0 radical (unpaired) electrons. The minimum atomic E-state index is -0.466. The van der Waals surface area contributed by atoms with Crippen LogP contribution in [0.5, 0.6) is 6.01 Å². The maximum Gasteiger partial charge on any atom is 0.316 e. The van der Waals surface area contributed by atoms with Gasteiger partial charge in [0.2, 0.25) is 5.95 Å². The van der Waals surface area contributed by atoms with Crippen LogP contribution in [0, 0.1) is 17.2 Å². The number of hydrogen-bond donors (Lipinski definition) is 0. The molecule has 1 aliphatic heterocycles. The maximum absolute atomic E-state index is 12.9. The van der Waals surface area contributed by atoms with E-state index in [1.54, 1.807) is 12.4 Å². The van der Waals surface area contributed by atoms with Gasteiger partial charge in [0.1, 0.15) is 0 Å². The first-order chi connectivity index (χ1) is 11.6. The molecule has 0 amide bonds. The molecule has 2 aliphatic rings. The van der Waals surface area contributed by atoms with Crippen LogP contribution in [0.2, 0.25) is 5.02 Å². The Bertz CT molecular complexity index is 713. The van der Waals surface area contributed by atoms with Crippen LogP contribution in [0.1, 0.15) is 19.3 Å². The Balaban J connectivity index is 1.48. The van der Waals surface area contributed by atoms with Crippen molar-refractivity contribution in [2.45, 2.75) is 19.3 Å². The standard InChI is InChI=1S/C16H17ClFN5O/c17-12-4-19-14(20-5-12)23-8-11-2-1-3-16(11,9-23)10-24-15-21-6-13(18)7-22-15/h4-7,11H,1-3,8-10H2. The highest BCUT2D eigenvalue weighted by atomic mass is 35.5. The highest BCUT2D eigenvalue weighted by molar-refractivity contribution is 6.30. The van der Waals surface area contributed by atoms with Gasteiger partial charge in [-0.1, -0.05) is 18.0 Å². The van der Waals surface area contributed by atoms with Crippen LogP contribution in [-0.2, 0) is 0 Å². The SMILES string of the molecule is Fc1cnc(OCC23CCCC2CN(c2ncc(Cl)cn2)C3)nc1. The van der Waals surface area contributed by atoms with Crippen LogP contribution in [0.3, 0.4) is 0 Å². The first-order valence-corrected chi connectivity index (χ1v) is 8.35. The lowest BCUT2D eigenvalue weighted by atomic mass is 9.82.